The van der Waals surface area contributed by atoms with Crippen molar-refractivity contribution in [2.24, 2.45) is 10.7 Å². The fourth-order valence-electron chi connectivity index (χ4n) is 4.31. The van der Waals surface area contributed by atoms with E-state index in [0.29, 0.717) is 12.4 Å². The zero-order valence-corrected chi connectivity index (χ0v) is 16.2. The van der Waals surface area contributed by atoms with Gasteiger partial charge in [-0.15, -0.1) is 0 Å². The molecule has 1 fully saturated rings. The van der Waals surface area contributed by atoms with Crippen molar-refractivity contribution in [3.8, 4) is 0 Å². The van der Waals surface area contributed by atoms with Crippen molar-refractivity contribution in [3.05, 3.63) is 35.4 Å². The highest BCUT2D eigenvalue weighted by atomic mass is 15.3. The van der Waals surface area contributed by atoms with Gasteiger partial charge in [0.1, 0.15) is 17.3 Å². The van der Waals surface area contributed by atoms with Crippen LogP contribution in [0, 0.1) is 0 Å². The minimum Gasteiger partial charge on any atom is -0.383 e. The molecule has 0 saturated carbocycles. The van der Waals surface area contributed by atoms with E-state index >= 15 is 0 Å². The van der Waals surface area contributed by atoms with Crippen LogP contribution < -0.4 is 21.3 Å². The number of pyridine rings is 1. The number of nitrogens with zero attached hydrogens (tertiary/aromatic N) is 6. The van der Waals surface area contributed by atoms with Gasteiger partial charge in [0.15, 0.2) is 5.84 Å². The van der Waals surface area contributed by atoms with Crippen molar-refractivity contribution >= 4 is 23.2 Å². The Hall–Kier alpha value is -2.74. The first-order valence-corrected chi connectivity index (χ1v) is 9.97. The second kappa shape index (κ2) is 6.41. The minimum absolute atomic E-state index is 0.0741. The molecule has 2 aromatic rings. The summed E-state index contributed by atoms with van der Waals surface area (Å²) >= 11 is 0. The molecule has 28 heavy (non-hydrogen) atoms. The van der Waals surface area contributed by atoms with Gasteiger partial charge in [-0.3, -0.25) is 4.99 Å². The van der Waals surface area contributed by atoms with Crippen LogP contribution in [-0.2, 0) is 13.0 Å². The van der Waals surface area contributed by atoms with Crippen LogP contribution in [0.3, 0.4) is 0 Å². The van der Waals surface area contributed by atoms with Crippen LogP contribution in [0.15, 0.2) is 23.5 Å². The third kappa shape index (κ3) is 2.88. The molecule has 1 saturated heterocycles. The second-order valence-electron chi connectivity index (χ2n) is 8.25. The van der Waals surface area contributed by atoms with E-state index in [-0.39, 0.29) is 5.54 Å². The molecule has 3 aliphatic rings. The Morgan fingerprint density at radius 3 is 2.79 bits per heavy atom. The minimum atomic E-state index is -0.0741. The lowest BCUT2D eigenvalue weighted by Gasteiger charge is -2.37. The number of hydrogen-bond acceptors (Lipinski definition) is 8. The van der Waals surface area contributed by atoms with Crippen molar-refractivity contribution in [2.75, 3.05) is 35.2 Å². The average molecular weight is 378 g/mol. The van der Waals surface area contributed by atoms with Gasteiger partial charge < -0.3 is 21.3 Å². The maximum absolute atomic E-state index is 6.26. The Kier molecular flexibility index (Phi) is 3.97. The standard InChI is InChI=1S/C20H26N8/c1-20(22)5-9-27(10-6-20)16-12-24-17-14(26-16)11-25-19(17)28-8-2-3-13-15(28)4-7-23-18(13)21/h4,7,12H,2-3,5-6,8-11,22H2,1H3,(H2,21,23). The molecule has 0 spiro atoms. The van der Waals surface area contributed by atoms with Crippen LogP contribution in [0.4, 0.5) is 17.3 Å². The maximum Gasteiger partial charge on any atom is 0.156 e. The monoisotopic (exact) mass is 378 g/mol. The van der Waals surface area contributed by atoms with Crippen LogP contribution in [0.2, 0.25) is 0 Å². The lowest BCUT2D eigenvalue weighted by atomic mass is 9.91. The third-order valence-electron chi connectivity index (χ3n) is 6.07. The highest BCUT2D eigenvalue weighted by Crippen LogP contribution is 2.33. The summed E-state index contributed by atoms with van der Waals surface area (Å²) < 4.78 is 0. The number of nitrogen functional groups attached to an aromatic ring is 1. The summed E-state index contributed by atoms with van der Waals surface area (Å²) in [6.07, 6.45) is 7.55. The van der Waals surface area contributed by atoms with Crippen LogP contribution in [0.25, 0.3) is 0 Å². The lowest BCUT2D eigenvalue weighted by molar-refractivity contribution is 0.363. The van der Waals surface area contributed by atoms with E-state index in [0.717, 1.165) is 79.6 Å². The van der Waals surface area contributed by atoms with Gasteiger partial charge in [-0.05, 0) is 38.7 Å². The molecule has 0 aliphatic carbocycles. The van der Waals surface area contributed by atoms with E-state index in [2.05, 4.69) is 21.7 Å². The summed E-state index contributed by atoms with van der Waals surface area (Å²) in [7, 11) is 0. The summed E-state index contributed by atoms with van der Waals surface area (Å²) in [5, 5.41) is 0. The van der Waals surface area contributed by atoms with Gasteiger partial charge in [-0.1, -0.05) is 0 Å². The Balaban J connectivity index is 1.42. The van der Waals surface area contributed by atoms with Crippen LogP contribution in [-0.4, -0.2) is 46.0 Å². The van der Waals surface area contributed by atoms with Gasteiger partial charge in [0.25, 0.3) is 0 Å². The van der Waals surface area contributed by atoms with Crippen LogP contribution in [0.5, 0.6) is 0 Å². The van der Waals surface area contributed by atoms with Crippen LogP contribution >= 0.6 is 0 Å². The molecule has 0 aromatic carbocycles. The number of anilines is 3. The first-order valence-electron chi connectivity index (χ1n) is 9.97. The Morgan fingerprint density at radius 1 is 1.14 bits per heavy atom. The van der Waals surface area contributed by atoms with E-state index < -0.39 is 0 Å². The molecule has 0 amide bonds. The Labute approximate surface area is 164 Å². The highest BCUT2D eigenvalue weighted by molar-refractivity contribution is 6.11. The van der Waals surface area contributed by atoms with Gasteiger partial charge in [-0.25, -0.2) is 15.0 Å². The predicted octanol–water partition coefficient (Wildman–Crippen LogP) is 1.48. The SMILES string of the molecule is CC1(N)CCN(c2cnc3c(n2)CN=C3N2CCCc3c2ccnc3N)CC1. The summed E-state index contributed by atoms with van der Waals surface area (Å²) in [5.41, 5.74) is 16.3. The smallest absolute Gasteiger partial charge is 0.156 e. The van der Waals surface area contributed by atoms with E-state index in [1.807, 2.05) is 12.3 Å². The number of amidine groups is 1. The van der Waals surface area contributed by atoms with E-state index in [4.69, 9.17) is 26.4 Å². The molecular formula is C20H26N8. The molecule has 0 bridgehead atoms. The van der Waals surface area contributed by atoms with Gasteiger partial charge >= 0.3 is 0 Å². The first-order chi connectivity index (χ1) is 13.5. The molecule has 0 radical (unpaired) electrons. The summed E-state index contributed by atoms with van der Waals surface area (Å²) in [5.74, 6) is 2.44. The molecule has 8 heteroatoms. The first kappa shape index (κ1) is 17.4. The number of aromatic nitrogens is 3. The number of aliphatic imine (C=N–C) groups is 1. The molecule has 4 N–H and O–H groups in total. The summed E-state index contributed by atoms with van der Waals surface area (Å²) in [4.78, 5) is 23.2. The largest absolute Gasteiger partial charge is 0.383 e. The van der Waals surface area contributed by atoms with E-state index in [9.17, 15) is 0 Å². The van der Waals surface area contributed by atoms with E-state index in [1.54, 1.807) is 6.20 Å². The maximum atomic E-state index is 6.26. The number of nitrogens with two attached hydrogens (primary N) is 2. The number of hydrogen-bond donors (Lipinski definition) is 2. The molecule has 146 valence electrons. The van der Waals surface area contributed by atoms with Gasteiger partial charge in [0.2, 0.25) is 0 Å². The number of piperidine rings is 1. The molecule has 8 nitrogen and oxygen atoms in total. The van der Waals surface area contributed by atoms with Crippen LogP contribution in [0.1, 0.15) is 43.1 Å². The lowest BCUT2D eigenvalue weighted by Crippen LogP contribution is -2.48. The topological polar surface area (TPSA) is 110 Å². The zero-order chi connectivity index (χ0) is 19.3. The van der Waals surface area contributed by atoms with Crippen molar-refractivity contribution < 1.29 is 0 Å². The van der Waals surface area contributed by atoms with Gasteiger partial charge in [-0.2, -0.15) is 0 Å². The third-order valence-corrected chi connectivity index (χ3v) is 6.07. The van der Waals surface area contributed by atoms with Crippen molar-refractivity contribution in [2.45, 2.75) is 44.7 Å². The number of fused-ring (bicyclic) bond motifs is 2. The molecular weight excluding hydrogens is 352 g/mol. The zero-order valence-electron chi connectivity index (χ0n) is 16.2. The van der Waals surface area contributed by atoms with Gasteiger partial charge in [0.05, 0.1) is 24.1 Å². The van der Waals surface area contributed by atoms with Crippen molar-refractivity contribution in [3.63, 3.8) is 0 Å². The predicted molar refractivity (Wildman–Crippen MR) is 111 cm³/mol. The quantitative estimate of drug-likeness (QED) is 0.773. The molecule has 0 atom stereocenters. The molecule has 3 aliphatic heterocycles. The van der Waals surface area contributed by atoms with Crippen molar-refractivity contribution in [1.82, 2.24) is 15.0 Å². The molecule has 5 rings (SSSR count). The highest BCUT2D eigenvalue weighted by Gasteiger charge is 2.31. The fraction of sp³-hybridized carbons (Fsp3) is 0.500. The second-order valence-corrected chi connectivity index (χ2v) is 8.25. The summed E-state index contributed by atoms with van der Waals surface area (Å²) in [6.45, 7) is 5.43. The Bertz CT molecular complexity index is 941. The normalized spacial score (nSPS) is 20.6. The van der Waals surface area contributed by atoms with Crippen molar-refractivity contribution in [1.29, 1.82) is 0 Å². The fourth-order valence-corrected chi connectivity index (χ4v) is 4.31. The molecule has 5 heterocycles. The molecule has 2 aromatic heterocycles. The Morgan fingerprint density at radius 2 is 1.96 bits per heavy atom. The average Bonchev–Trinajstić information content (AvgIpc) is 3.11. The number of rotatable bonds is 1. The summed E-state index contributed by atoms with van der Waals surface area (Å²) in [6, 6.07) is 2.02. The molecule has 0 unspecified atom stereocenters. The van der Waals surface area contributed by atoms with E-state index in [1.165, 1.54) is 0 Å². The van der Waals surface area contributed by atoms with Gasteiger partial charge in [0, 0.05) is 36.9 Å².